The third-order valence-corrected chi connectivity index (χ3v) is 6.55. The van der Waals surface area contributed by atoms with Crippen molar-refractivity contribution >= 4 is 0 Å². The van der Waals surface area contributed by atoms with Gasteiger partial charge >= 0.3 is 6.18 Å². The minimum Gasteiger partial charge on any atom is -0.495 e. The van der Waals surface area contributed by atoms with E-state index in [1.165, 1.54) is 19.7 Å². The summed E-state index contributed by atoms with van der Waals surface area (Å²) in [6, 6.07) is 11.4. The fraction of sp³-hybridized carbons (Fsp3) is 0.542. The largest absolute Gasteiger partial charge is 0.495 e. The molecule has 0 saturated carbocycles. The van der Waals surface area contributed by atoms with Gasteiger partial charge in [0.15, 0.2) is 0 Å². The van der Waals surface area contributed by atoms with Crippen LogP contribution in [0.5, 0.6) is 5.75 Å². The zero-order valence-electron chi connectivity index (χ0n) is 17.8. The van der Waals surface area contributed by atoms with Crippen LogP contribution in [0.25, 0.3) is 0 Å². The Kier molecular flexibility index (Phi) is 6.53. The normalized spacial score (nSPS) is 27.5. The third kappa shape index (κ3) is 4.72. The van der Waals surface area contributed by atoms with Crippen molar-refractivity contribution in [2.45, 2.75) is 62.3 Å². The van der Waals surface area contributed by atoms with Crippen LogP contribution < -0.4 is 10.1 Å². The molecule has 1 N–H and O–H groups in total. The highest BCUT2D eigenvalue weighted by Crippen LogP contribution is 2.49. The number of halogens is 3. The van der Waals surface area contributed by atoms with Gasteiger partial charge in [0.1, 0.15) is 11.4 Å². The molecule has 2 saturated heterocycles. The molecule has 3 atom stereocenters. The molecule has 2 fully saturated rings. The molecule has 2 aliphatic rings. The lowest BCUT2D eigenvalue weighted by atomic mass is 9.78. The van der Waals surface area contributed by atoms with Gasteiger partial charge in [-0.2, -0.15) is 13.2 Å². The molecule has 0 bridgehead atoms. The van der Waals surface area contributed by atoms with E-state index < -0.39 is 17.5 Å². The highest BCUT2D eigenvalue weighted by atomic mass is 19.4. The van der Waals surface area contributed by atoms with Crippen LogP contribution in [0.2, 0.25) is 0 Å². The first kappa shape index (κ1) is 22.1. The van der Waals surface area contributed by atoms with E-state index in [0.29, 0.717) is 24.3 Å². The molecule has 2 aliphatic heterocycles. The molecule has 0 amide bonds. The number of nitrogens with zero attached hydrogens (tertiary/aromatic N) is 1. The number of ether oxygens (including phenoxy) is 2. The predicted octanol–water partition coefficient (Wildman–Crippen LogP) is 5.65. The van der Waals surface area contributed by atoms with Crippen molar-refractivity contribution in [3.05, 3.63) is 59.4 Å². The van der Waals surface area contributed by atoms with Crippen LogP contribution in [0.15, 0.2) is 42.6 Å². The Morgan fingerprint density at radius 2 is 1.90 bits per heavy atom. The van der Waals surface area contributed by atoms with Crippen molar-refractivity contribution in [2.24, 2.45) is 0 Å². The minimum absolute atomic E-state index is 0.00767. The standard InChI is InChI=1S/C24H29F3N2O2/c1-30-20-15-29-21(24(25,26)27)13-19(20)18-14-23(31-16-18)11-7-2-3-8-12-28-22(23)17-9-5-4-6-10-17/h4-6,9-10,13,15,18,22,28H,2-3,7-8,11-12,14,16H2,1H3/t18-,22-,23?/m0/s1. The van der Waals surface area contributed by atoms with Gasteiger partial charge in [0.25, 0.3) is 0 Å². The van der Waals surface area contributed by atoms with E-state index in [0.717, 1.165) is 43.9 Å². The second kappa shape index (κ2) is 9.17. The summed E-state index contributed by atoms with van der Waals surface area (Å²) in [5.74, 6) is 0.193. The van der Waals surface area contributed by atoms with Gasteiger partial charge in [-0.3, -0.25) is 0 Å². The fourth-order valence-electron chi connectivity index (χ4n) is 5.03. The SMILES string of the molecule is COc1cnc(C(F)(F)F)cc1[C@@H]1COC2(CCCCCCN[C@H]2c2ccccc2)C1. The maximum atomic E-state index is 13.3. The van der Waals surface area contributed by atoms with Gasteiger partial charge in [0.05, 0.1) is 31.6 Å². The van der Waals surface area contributed by atoms with E-state index >= 15 is 0 Å². The quantitative estimate of drug-likeness (QED) is 0.678. The number of alkyl halides is 3. The predicted molar refractivity (Wildman–Crippen MR) is 112 cm³/mol. The number of aromatic nitrogens is 1. The van der Waals surface area contributed by atoms with Gasteiger partial charge in [-0.15, -0.1) is 0 Å². The molecular weight excluding hydrogens is 405 g/mol. The Hall–Kier alpha value is -2.12. The van der Waals surface area contributed by atoms with Crippen LogP contribution in [-0.4, -0.2) is 30.8 Å². The first-order valence-corrected chi connectivity index (χ1v) is 11.0. The van der Waals surface area contributed by atoms with E-state index in [2.05, 4.69) is 22.4 Å². The maximum absolute atomic E-state index is 13.3. The Morgan fingerprint density at radius 3 is 2.65 bits per heavy atom. The van der Waals surface area contributed by atoms with Gasteiger partial charge < -0.3 is 14.8 Å². The van der Waals surface area contributed by atoms with E-state index in [-0.39, 0.29) is 12.0 Å². The Balaban J connectivity index is 1.69. The lowest BCUT2D eigenvalue weighted by Crippen LogP contribution is -2.43. The molecule has 1 aromatic heterocycles. The van der Waals surface area contributed by atoms with Crippen LogP contribution in [0.4, 0.5) is 13.2 Å². The van der Waals surface area contributed by atoms with E-state index in [1.807, 2.05) is 18.2 Å². The van der Waals surface area contributed by atoms with Crippen molar-refractivity contribution in [1.82, 2.24) is 10.3 Å². The van der Waals surface area contributed by atoms with Gasteiger partial charge in [-0.05, 0) is 37.4 Å². The van der Waals surface area contributed by atoms with Crippen molar-refractivity contribution < 1.29 is 22.6 Å². The molecule has 4 rings (SSSR count). The summed E-state index contributed by atoms with van der Waals surface area (Å²) in [6.07, 6.45) is 2.64. The molecule has 7 heteroatoms. The van der Waals surface area contributed by atoms with Crippen molar-refractivity contribution in [1.29, 1.82) is 0 Å². The second-order valence-corrected chi connectivity index (χ2v) is 8.55. The third-order valence-electron chi connectivity index (χ3n) is 6.55. The highest BCUT2D eigenvalue weighted by Gasteiger charge is 2.48. The average molecular weight is 435 g/mol. The van der Waals surface area contributed by atoms with E-state index in [4.69, 9.17) is 9.47 Å². The summed E-state index contributed by atoms with van der Waals surface area (Å²) in [7, 11) is 1.47. The molecule has 4 nitrogen and oxygen atoms in total. The smallest absolute Gasteiger partial charge is 0.433 e. The van der Waals surface area contributed by atoms with Crippen LogP contribution in [0.1, 0.15) is 67.3 Å². The number of nitrogens with one attached hydrogen (secondary N) is 1. The number of rotatable bonds is 3. The van der Waals surface area contributed by atoms with Gasteiger partial charge in [-0.25, -0.2) is 4.98 Å². The van der Waals surface area contributed by atoms with Crippen LogP contribution >= 0.6 is 0 Å². The topological polar surface area (TPSA) is 43.4 Å². The zero-order valence-corrected chi connectivity index (χ0v) is 17.8. The van der Waals surface area contributed by atoms with Crippen LogP contribution in [0, 0.1) is 0 Å². The molecule has 31 heavy (non-hydrogen) atoms. The molecule has 1 spiro atoms. The summed E-state index contributed by atoms with van der Waals surface area (Å²) in [5, 5.41) is 3.70. The van der Waals surface area contributed by atoms with Crippen molar-refractivity contribution in [3.63, 3.8) is 0 Å². The molecule has 2 aromatic rings. The Bertz CT molecular complexity index is 875. The number of methoxy groups -OCH3 is 1. The van der Waals surface area contributed by atoms with E-state index in [1.54, 1.807) is 0 Å². The van der Waals surface area contributed by atoms with Crippen LogP contribution in [0.3, 0.4) is 0 Å². The molecule has 1 aromatic carbocycles. The van der Waals surface area contributed by atoms with Crippen molar-refractivity contribution in [2.75, 3.05) is 20.3 Å². The molecular formula is C24H29F3N2O2. The maximum Gasteiger partial charge on any atom is 0.433 e. The molecule has 168 valence electrons. The first-order chi connectivity index (χ1) is 14.9. The molecule has 0 radical (unpaired) electrons. The Labute approximate surface area is 181 Å². The van der Waals surface area contributed by atoms with E-state index in [9.17, 15) is 13.2 Å². The second-order valence-electron chi connectivity index (χ2n) is 8.55. The summed E-state index contributed by atoms with van der Waals surface area (Å²) in [6.45, 7) is 1.26. The highest BCUT2D eigenvalue weighted by molar-refractivity contribution is 5.38. The van der Waals surface area contributed by atoms with Crippen molar-refractivity contribution in [3.8, 4) is 5.75 Å². The number of pyridine rings is 1. The fourth-order valence-corrected chi connectivity index (χ4v) is 5.03. The molecule has 3 heterocycles. The number of hydrogen-bond acceptors (Lipinski definition) is 4. The van der Waals surface area contributed by atoms with Gasteiger partial charge in [-0.1, -0.05) is 49.6 Å². The monoisotopic (exact) mass is 434 g/mol. The number of hydrogen-bond donors (Lipinski definition) is 1. The summed E-state index contributed by atoms with van der Waals surface area (Å²) < 4.78 is 51.9. The number of benzene rings is 1. The Morgan fingerprint density at radius 1 is 1.13 bits per heavy atom. The molecule has 1 unspecified atom stereocenters. The summed E-state index contributed by atoms with van der Waals surface area (Å²) in [4.78, 5) is 3.56. The van der Waals surface area contributed by atoms with Gasteiger partial charge in [0, 0.05) is 11.5 Å². The summed E-state index contributed by atoms with van der Waals surface area (Å²) >= 11 is 0. The zero-order chi connectivity index (χ0) is 21.9. The summed E-state index contributed by atoms with van der Waals surface area (Å²) in [5.41, 5.74) is 0.316. The average Bonchev–Trinajstić information content (AvgIpc) is 3.23. The lowest BCUT2D eigenvalue weighted by molar-refractivity contribution is -0.141. The van der Waals surface area contributed by atoms with Crippen LogP contribution in [-0.2, 0) is 10.9 Å². The minimum atomic E-state index is -4.50. The molecule has 0 aliphatic carbocycles. The van der Waals surface area contributed by atoms with Gasteiger partial charge in [0.2, 0.25) is 0 Å². The lowest BCUT2D eigenvalue weighted by Gasteiger charge is -2.38. The first-order valence-electron chi connectivity index (χ1n) is 11.0.